The number of halogens is 1. The summed E-state index contributed by atoms with van der Waals surface area (Å²) >= 11 is 0. The third-order valence-corrected chi connectivity index (χ3v) is 5.83. The van der Waals surface area contributed by atoms with Crippen molar-refractivity contribution in [2.75, 3.05) is 44.2 Å². The van der Waals surface area contributed by atoms with Crippen LogP contribution in [0, 0.1) is 11.7 Å². The molecular weight excluding hydrogens is 369 g/mol. The maximum absolute atomic E-state index is 13.2. The molecule has 0 bridgehead atoms. The third-order valence-electron chi connectivity index (χ3n) is 5.83. The van der Waals surface area contributed by atoms with Crippen LogP contribution < -0.4 is 4.90 Å². The zero-order valence-corrected chi connectivity index (χ0v) is 16.7. The Morgan fingerprint density at radius 1 is 1.00 bits per heavy atom. The fourth-order valence-electron chi connectivity index (χ4n) is 4.27. The number of hydrogen-bond donors (Lipinski definition) is 0. The molecule has 2 aliphatic heterocycles. The van der Waals surface area contributed by atoms with E-state index < -0.39 is 0 Å². The number of nitrogens with zero attached hydrogens (tertiary/aromatic N) is 5. The van der Waals surface area contributed by atoms with Gasteiger partial charge in [0.1, 0.15) is 5.82 Å². The van der Waals surface area contributed by atoms with Gasteiger partial charge in [0.05, 0.1) is 5.92 Å². The van der Waals surface area contributed by atoms with Gasteiger partial charge in [0.2, 0.25) is 11.9 Å². The molecule has 1 atom stereocenters. The van der Waals surface area contributed by atoms with Crippen LogP contribution in [0.3, 0.4) is 0 Å². The molecule has 0 saturated carbocycles. The van der Waals surface area contributed by atoms with Gasteiger partial charge in [-0.1, -0.05) is 12.1 Å². The molecule has 2 saturated heterocycles. The van der Waals surface area contributed by atoms with Crippen LogP contribution in [0.15, 0.2) is 42.7 Å². The van der Waals surface area contributed by atoms with Gasteiger partial charge < -0.3 is 9.80 Å². The van der Waals surface area contributed by atoms with Gasteiger partial charge in [0, 0.05) is 58.2 Å². The summed E-state index contributed by atoms with van der Waals surface area (Å²) < 4.78 is 13.1. The van der Waals surface area contributed by atoms with Gasteiger partial charge in [-0.05, 0) is 43.0 Å². The van der Waals surface area contributed by atoms with Crippen LogP contribution in [0.25, 0.3) is 0 Å². The Hall–Kier alpha value is -2.54. The Kier molecular flexibility index (Phi) is 6.34. The highest BCUT2D eigenvalue weighted by atomic mass is 19.1. The average molecular weight is 397 g/mol. The van der Waals surface area contributed by atoms with E-state index in [4.69, 9.17) is 0 Å². The predicted molar refractivity (Wildman–Crippen MR) is 110 cm³/mol. The molecular formula is C22H28FN5O. The maximum atomic E-state index is 13.2. The molecule has 1 amide bonds. The first-order valence-electron chi connectivity index (χ1n) is 10.5. The van der Waals surface area contributed by atoms with Gasteiger partial charge in [-0.2, -0.15) is 0 Å². The van der Waals surface area contributed by atoms with Crippen LogP contribution in [0.4, 0.5) is 10.3 Å². The monoisotopic (exact) mass is 397 g/mol. The van der Waals surface area contributed by atoms with E-state index in [-0.39, 0.29) is 17.6 Å². The number of hydrogen-bond acceptors (Lipinski definition) is 5. The molecule has 0 radical (unpaired) electrons. The van der Waals surface area contributed by atoms with Crippen molar-refractivity contribution >= 4 is 11.9 Å². The van der Waals surface area contributed by atoms with Crippen molar-refractivity contribution in [3.63, 3.8) is 0 Å². The van der Waals surface area contributed by atoms with Gasteiger partial charge in [-0.25, -0.2) is 14.4 Å². The minimum atomic E-state index is -0.205. The predicted octanol–water partition coefficient (Wildman–Crippen LogP) is 2.57. The summed E-state index contributed by atoms with van der Waals surface area (Å²) in [6.45, 7) is 5.75. The summed E-state index contributed by atoms with van der Waals surface area (Å²) in [7, 11) is 0. The zero-order valence-electron chi connectivity index (χ0n) is 16.7. The molecule has 3 heterocycles. The van der Waals surface area contributed by atoms with Crippen LogP contribution in [0.2, 0.25) is 0 Å². The first-order chi connectivity index (χ1) is 14.2. The fraction of sp³-hybridized carbons (Fsp3) is 0.500. The molecule has 1 unspecified atom stereocenters. The van der Waals surface area contributed by atoms with Crippen LogP contribution in [-0.2, 0) is 11.3 Å². The molecule has 2 aromatic rings. The Morgan fingerprint density at radius 2 is 1.79 bits per heavy atom. The first kappa shape index (κ1) is 19.8. The SMILES string of the molecule is O=C(C1CCCN(c2ncccn2)C1)N1CCCN(Cc2ccc(F)cc2)CC1. The zero-order chi connectivity index (χ0) is 20.1. The summed E-state index contributed by atoms with van der Waals surface area (Å²) in [5.74, 6) is 0.778. The van der Waals surface area contributed by atoms with E-state index in [0.717, 1.165) is 64.1 Å². The molecule has 2 fully saturated rings. The van der Waals surface area contributed by atoms with Gasteiger partial charge >= 0.3 is 0 Å². The summed E-state index contributed by atoms with van der Waals surface area (Å²) in [4.78, 5) is 28.4. The number of amides is 1. The fourth-order valence-corrected chi connectivity index (χ4v) is 4.27. The van der Waals surface area contributed by atoms with Crippen molar-refractivity contribution in [2.45, 2.75) is 25.8 Å². The number of rotatable bonds is 4. The summed E-state index contributed by atoms with van der Waals surface area (Å²) in [6, 6.07) is 8.50. The number of carbonyl (C=O) groups is 1. The summed E-state index contributed by atoms with van der Waals surface area (Å²) in [6.07, 6.45) is 6.37. The second-order valence-corrected chi connectivity index (χ2v) is 7.92. The molecule has 0 spiro atoms. The van der Waals surface area contributed by atoms with Crippen molar-refractivity contribution in [3.8, 4) is 0 Å². The van der Waals surface area contributed by atoms with E-state index in [1.807, 2.05) is 23.1 Å². The van der Waals surface area contributed by atoms with Crippen molar-refractivity contribution in [2.24, 2.45) is 5.92 Å². The van der Waals surface area contributed by atoms with Gasteiger partial charge in [-0.15, -0.1) is 0 Å². The van der Waals surface area contributed by atoms with Crippen molar-refractivity contribution in [3.05, 3.63) is 54.1 Å². The summed E-state index contributed by atoms with van der Waals surface area (Å²) in [5.41, 5.74) is 1.11. The lowest BCUT2D eigenvalue weighted by Gasteiger charge is -2.34. The second-order valence-electron chi connectivity index (χ2n) is 7.92. The van der Waals surface area contributed by atoms with Crippen LogP contribution in [-0.4, -0.2) is 64.9 Å². The number of anilines is 1. The van der Waals surface area contributed by atoms with Crippen LogP contribution in [0.5, 0.6) is 0 Å². The maximum Gasteiger partial charge on any atom is 0.227 e. The van der Waals surface area contributed by atoms with E-state index >= 15 is 0 Å². The van der Waals surface area contributed by atoms with E-state index in [2.05, 4.69) is 19.8 Å². The minimum absolute atomic E-state index is 0.0104. The standard InChI is InChI=1S/C22H28FN5O/c23-20-7-5-18(6-8-20)16-26-11-3-13-27(15-14-26)21(29)19-4-1-12-28(17-19)22-24-9-2-10-25-22/h2,5-10,19H,1,3-4,11-17H2. The Bertz CT molecular complexity index is 801. The van der Waals surface area contributed by atoms with Crippen LogP contribution >= 0.6 is 0 Å². The highest BCUT2D eigenvalue weighted by Crippen LogP contribution is 2.22. The summed E-state index contributed by atoms with van der Waals surface area (Å²) in [5, 5.41) is 0. The van der Waals surface area contributed by atoms with Gasteiger partial charge in [0.15, 0.2) is 0 Å². The second kappa shape index (κ2) is 9.31. The molecule has 6 nitrogen and oxygen atoms in total. The third kappa shape index (κ3) is 5.09. The molecule has 154 valence electrons. The van der Waals surface area contributed by atoms with Crippen molar-refractivity contribution in [1.29, 1.82) is 0 Å². The Labute approximate surface area is 171 Å². The molecule has 4 rings (SSSR count). The molecule has 2 aliphatic rings. The van der Waals surface area contributed by atoms with Gasteiger partial charge in [0.25, 0.3) is 0 Å². The smallest absolute Gasteiger partial charge is 0.227 e. The number of piperidine rings is 1. The number of benzene rings is 1. The first-order valence-corrected chi connectivity index (χ1v) is 10.5. The quantitative estimate of drug-likeness (QED) is 0.794. The highest BCUT2D eigenvalue weighted by molar-refractivity contribution is 5.79. The molecule has 29 heavy (non-hydrogen) atoms. The number of aromatic nitrogens is 2. The van der Waals surface area contributed by atoms with Crippen LogP contribution in [0.1, 0.15) is 24.8 Å². The Balaban J connectivity index is 1.32. The lowest BCUT2D eigenvalue weighted by atomic mass is 9.96. The molecule has 1 aromatic heterocycles. The molecule has 1 aromatic carbocycles. The normalized spacial score (nSPS) is 21.1. The molecule has 0 N–H and O–H groups in total. The molecule has 7 heteroatoms. The molecule has 0 aliphatic carbocycles. The van der Waals surface area contributed by atoms with E-state index in [0.29, 0.717) is 12.5 Å². The number of carbonyl (C=O) groups excluding carboxylic acids is 1. The van der Waals surface area contributed by atoms with Crippen molar-refractivity contribution in [1.82, 2.24) is 19.8 Å². The van der Waals surface area contributed by atoms with Crippen molar-refractivity contribution < 1.29 is 9.18 Å². The van der Waals surface area contributed by atoms with E-state index in [1.165, 1.54) is 12.1 Å². The van der Waals surface area contributed by atoms with E-state index in [1.54, 1.807) is 12.4 Å². The largest absolute Gasteiger partial charge is 0.341 e. The van der Waals surface area contributed by atoms with E-state index in [9.17, 15) is 9.18 Å². The van der Waals surface area contributed by atoms with Gasteiger partial charge in [-0.3, -0.25) is 9.69 Å². The lowest BCUT2D eigenvalue weighted by molar-refractivity contribution is -0.135. The lowest BCUT2D eigenvalue weighted by Crippen LogP contribution is -2.46. The topological polar surface area (TPSA) is 52.6 Å². The Morgan fingerprint density at radius 3 is 2.59 bits per heavy atom. The minimum Gasteiger partial charge on any atom is -0.341 e. The average Bonchev–Trinajstić information content (AvgIpc) is 3.01. The highest BCUT2D eigenvalue weighted by Gasteiger charge is 2.31.